The van der Waals surface area contributed by atoms with E-state index in [4.69, 9.17) is 4.74 Å². The molecule has 3 atom stereocenters. The molecule has 2 fully saturated rings. The van der Waals surface area contributed by atoms with Crippen LogP contribution < -0.4 is 4.74 Å². The van der Waals surface area contributed by atoms with Crippen molar-refractivity contribution < 1.29 is 9.53 Å². The van der Waals surface area contributed by atoms with Gasteiger partial charge in [-0.05, 0) is 45.6 Å². The Bertz CT molecular complexity index is 536. The van der Waals surface area contributed by atoms with Crippen molar-refractivity contribution in [2.75, 3.05) is 20.2 Å². The van der Waals surface area contributed by atoms with Crippen molar-refractivity contribution in [2.45, 2.75) is 57.7 Å². The summed E-state index contributed by atoms with van der Waals surface area (Å²) in [6.45, 7) is 6.31. The summed E-state index contributed by atoms with van der Waals surface area (Å²) in [5.41, 5.74) is 0.647. The molecule has 3 rings (SSSR count). The van der Waals surface area contributed by atoms with Crippen molar-refractivity contribution in [3.8, 4) is 5.88 Å². The first-order valence-corrected chi connectivity index (χ1v) is 8.67. The number of carbonyl (C=O) groups excluding carboxylic acids is 1. The fourth-order valence-electron chi connectivity index (χ4n) is 4.13. The van der Waals surface area contributed by atoms with Crippen LogP contribution in [0.4, 0.5) is 0 Å². The number of aromatic nitrogens is 1. The lowest BCUT2D eigenvalue weighted by molar-refractivity contribution is 0.0486. The third-order valence-electron chi connectivity index (χ3n) is 5.32. The Morgan fingerprint density at radius 3 is 2.57 bits per heavy atom. The van der Waals surface area contributed by atoms with Crippen LogP contribution in [0.15, 0.2) is 18.3 Å². The Morgan fingerprint density at radius 2 is 1.96 bits per heavy atom. The van der Waals surface area contributed by atoms with Crippen molar-refractivity contribution in [1.29, 1.82) is 0 Å². The zero-order chi connectivity index (χ0) is 16.4. The molecule has 1 aromatic rings. The molecule has 0 spiro atoms. The minimum absolute atomic E-state index is 0.0874. The molecule has 23 heavy (non-hydrogen) atoms. The molecule has 2 aliphatic rings. The Morgan fingerprint density at radius 1 is 1.22 bits per heavy atom. The predicted molar refractivity (Wildman–Crippen MR) is 89.7 cm³/mol. The van der Waals surface area contributed by atoms with E-state index in [1.165, 1.54) is 19.3 Å². The number of hydrogen-bond acceptors (Lipinski definition) is 4. The minimum Gasteiger partial charge on any atom is -0.481 e. The zero-order valence-electron chi connectivity index (χ0n) is 14.4. The van der Waals surface area contributed by atoms with Gasteiger partial charge in [0.25, 0.3) is 5.91 Å². The summed E-state index contributed by atoms with van der Waals surface area (Å²) >= 11 is 0. The second-order valence-corrected chi connectivity index (χ2v) is 6.86. The molecule has 1 amide bonds. The Labute approximate surface area is 138 Å². The second-order valence-electron chi connectivity index (χ2n) is 6.86. The number of likely N-dealkylation sites (tertiary alicyclic amines) is 2. The van der Waals surface area contributed by atoms with Crippen LogP contribution in [0.1, 0.15) is 49.9 Å². The van der Waals surface area contributed by atoms with Crippen LogP contribution in [0.5, 0.6) is 5.88 Å². The highest BCUT2D eigenvalue weighted by molar-refractivity contribution is 5.94. The Balaban J connectivity index is 1.68. The van der Waals surface area contributed by atoms with E-state index in [0.29, 0.717) is 29.6 Å². The summed E-state index contributed by atoms with van der Waals surface area (Å²) in [7, 11) is 1.58. The fraction of sp³-hybridized carbons (Fsp3) is 0.667. The number of amides is 1. The van der Waals surface area contributed by atoms with Crippen LogP contribution in [0.3, 0.4) is 0 Å². The van der Waals surface area contributed by atoms with E-state index in [2.05, 4.69) is 23.7 Å². The highest BCUT2D eigenvalue weighted by atomic mass is 16.5. The molecular weight excluding hydrogens is 290 g/mol. The molecule has 0 unspecified atom stereocenters. The smallest absolute Gasteiger partial charge is 0.255 e. The van der Waals surface area contributed by atoms with E-state index in [0.717, 1.165) is 19.5 Å². The van der Waals surface area contributed by atoms with E-state index in [1.54, 1.807) is 25.4 Å². The summed E-state index contributed by atoms with van der Waals surface area (Å²) in [6.07, 6.45) is 6.43. The van der Waals surface area contributed by atoms with Crippen LogP contribution in [0.2, 0.25) is 0 Å². The maximum Gasteiger partial charge on any atom is 0.255 e. The summed E-state index contributed by atoms with van der Waals surface area (Å²) in [4.78, 5) is 21.5. The average molecular weight is 317 g/mol. The molecule has 126 valence electrons. The van der Waals surface area contributed by atoms with Gasteiger partial charge >= 0.3 is 0 Å². The number of rotatable bonds is 3. The number of methoxy groups -OCH3 is 1. The van der Waals surface area contributed by atoms with Crippen molar-refractivity contribution in [3.05, 3.63) is 23.9 Å². The van der Waals surface area contributed by atoms with Gasteiger partial charge in [-0.25, -0.2) is 4.98 Å². The van der Waals surface area contributed by atoms with Gasteiger partial charge in [-0.15, -0.1) is 0 Å². The van der Waals surface area contributed by atoms with Crippen LogP contribution in [-0.4, -0.2) is 59.0 Å². The third-order valence-corrected chi connectivity index (χ3v) is 5.32. The average Bonchev–Trinajstić information content (AvgIpc) is 2.93. The molecule has 0 radical (unpaired) electrons. The topological polar surface area (TPSA) is 45.7 Å². The molecule has 5 nitrogen and oxygen atoms in total. The van der Waals surface area contributed by atoms with E-state index in [1.807, 2.05) is 4.90 Å². The molecule has 2 aliphatic heterocycles. The lowest BCUT2D eigenvalue weighted by Crippen LogP contribution is -2.52. The number of hydrogen-bond donors (Lipinski definition) is 0. The second kappa shape index (κ2) is 6.87. The molecule has 5 heteroatoms. The standard InChI is InChI=1S/C18H27N3O2/c1-13-6-7-14(2)21(13)16-5-4-10-20(12-16)18(22)15-8-9-17(23-3)19-11-15/h8-9,11,13-14,16H,4-7,10,12H2,1-3H3/t13-,14+,16-/m1/s1. The lowest BCUT2D eigenvalue weighted by atomic mass is 10.0. The minimum atomic E-state index is 0.0874. The molecule has 0 aromatic carbocycles. The number of piperidine rings is 1. The highest BCUT2D eigenvalue weighted by Crippen LogP contribution is 2.30. The van der Waals surface area contributed by atoms with Gasteiger partial charge < -0.3 is 9.64 Å². The lowest BCUT2D eigenvalue weighted by Gasteiger charge is -2.41. The summed E-state index contributed by atoms with van der Waals surface area (Å²) in [6, 6.07) is 5.31. The molecule has 2 saturated heterocycles. The van der Waals surface area contributed by atoms with Gasteiger partial charge in [0.05, 0.1) is 12.7 Å². The highest BCUT2D eigenvalue weighted by Gasteiger charge is 2.36. The van der Waals surface area contributed by atoms with E-state index in [9.17, 15) is 4.79 Å². The van der Waals surface area contributed by atoms with Crippen LogP contribution in [0, 0.1) is 0 Å². The molecule has 3 heterocycles. The van der Waals surface area contributed by atoms with Crippen molar-refractivity contribution in [3.63, 3.8) is 0 Å². The van der Waals surface area contributed by atoms with Crippen molar-refractivity contribution in [1.82, 2.24) is 14.8 Å². The van der Waals surface area contributed by atoms with Crippen LogP contribution >= 0.6 is 0 Å². The van der Waals surface area contributed by atoms with E-state index in [-0.39, 0.29) is 5.91 Å². The van der Waals surface area contributed by atoms with E-state index >= 15 is 0 Å². The molecule has 0 aliphatic carbocycles. The van der Waals surface area contributed by atoms with Gasteiger partial charge in [-0.1, -0.05) is 0 Å². The number of carbonyl (C=O) groups is 1. The van der Waals surface area contributed by atoms with Crippen molar-refractivity contribution >= 4 is 5.91 Å². The molecule has 0 N–H and O–H groups in total. The van der Waals surface area contributed by atoms with Gasteiger partial charge in [0.15, 0.2) is 0 Å². The first kappa shape index (κ1) is 16.2. The summed E-state index contributed by atoms with van der Waals surface area (Å²) in [5.74, 6) is 0.627. The molecule has 1 aromatic heterocycles. The molecular formula is C18H27N3O2. The fourth-order valence-corrected chi connectivity index (χ4v) is 4.13. The van der Waals surface area contributed by atoms with Gasteiger partial charge in [-0.2, -0.15) is 0 Å². The number of ether oxygens (including phenoxy) is 1. The monoisotopic (exact) mass is 317 g/mol. The number of nitrogens with zero attached hydrogens (tertiary/aromatic N) is 3. The Hall–Kier alpha value is -1.62. The summed E-state index contributed by atoms with van der Waals surface area (Å²) < 4.78 is 5.06. The largest absolute Gasteiger partial charge is 0.481 e. The van der Waals surface area contributed by atoms with Gasteiger partial charge in [0.1, 0.15) is 0 Å². The molecule has 0 bridgehead atoms. The Kier molecular flexibility index (Phi) is 4.85. The van der Waals surface area contributed by atoms with E-state index < -0.39 is 0 Å². The normalized spacial score (nSPS) is 28.8. The zero-order valence-corrected chi connectivity index (χ0v) is 14.4. The van der Waals surface area contributed by atoms with Gasteiger partial charge in [0.2, 0.25) is 5.88 Å². The molecule has 0 saturated carbocycles. The maximum atomic E-state index is 12.7. The SMILES string of the molecule is COc1ccc(C(=O)N2CCC[C@@H](N3[C@H](C)CC[C@@H]3C)C2)cn1. The predicted octanol–water partition coefficient (Wildman–Crippen LogP) is 2.57. The van der Waals surface area contributed by atoms with Crippen LogP contribution in [0.25, 0.3) is 0 Å². The summed E-state index contributed by atoms with van der Waals surface area (Å²) in [5, 5.41) is 0. The quantitative estimate of drug-likeness (QED) is 0.859. The first-order chi connectivity index (χ1) is 11.1. The number of pyridine rings is 1. The third kappa shape index (κ3) is 3.34. The van der Waals surface area contributed by atoms with Gasteiger partial charge in [0, 0.05) is 43.5 Å². The van der Waals surface area contributed by atoms with Crippen molar-refractivity contribution in [2.24, 2.45) is 0 Å². The first-order valence-electron chi connectivity index (χ1n) is 8.67. The van der Waals surface area contributed by atoms with Gasteiger partial charge in [-0.3, -0.25) is 9.69 Å². The van der Waals surface area contributed by atoms with Crippen LogP contribution in [-0.2, 0) is 0 Å². The maximum absolute atomic E-state index is 12.7.